The molecule has 1 aromatic carbocycles. The second kappa shape index (κ2) is 11.8. The van der Waals surface area contributed by atoms with E-state index in [2.05, 4.69) is 76.7 Å². The van der Waals surface area contributed by atoms with E-state index in [4.69, 9.17) is 0 Å². The zero-order valence-electron chi connectivity index (χ0n) is 19.0. The van der Waals surface area contributed by atoms with Crippen LogP contribution in [0, 0.1) is 12.8 Å². The summed E-state index contributed by atoms with van der Waals surface area (Å²) in [5.74, 6) is 3.22. The largest absolute Gasteiger partial charge is 0.352 e. The highest BCUT2D eigenvalue weighted by Gasteiger charge is 2.09. The quantitative estimate of drug-likeness (QED) is 0.260. The van der Waals surface area contributed by atoms with Gasteiger partial charge in [-0.1, -0.05) is 44.2 Å². The van der Waals surface area contributed by atoms with E-state index in [-0.39, 0.29) is 30.0 Å². The number of guanidine groups is 1. The molecule has 0 aliphatic rings. The van der Waals surface area contributed by atoms with Gasteiger partial charge in [-0.3, -0.25) is 9.56 Å². The van der Waals surface area contributed by atoms with Gasteiger partial charge in [0.1, 0.15) is 11.6 Å². The molecule has 0 aliphatic heterocycles. The normalized spacial score (nSPS) is 12.4. The molecular weight excluding hydrogens is 499 g/mol. The lowest BCUT2D eigenvalue weighted by Gasteiger charge is -2.19. The van der Waals surface area contributed by atoms with Crippen molar-refractivity contribution < 1.29 is 0 Å². The summed E-state index contributed by atoms with van der Waals surface area (Å²) in [6.07, 6.45) is 6.68. The summed E-state index contributed by atoms with van der Waals surface area (Å²) in [6.45, 7) is 9.25. The zero-order valence-corrected chi connectivity index (χ0v) is 21.3. The van der Waals surface area contributed by atoms with Crippen LogP contribution >= 0.6 is 24.0 Å². The first kappa shape index (κ1) is 24.8. The summed E-state index contributed by atoms with van der Waals surface area (Å²) in [5.41, 5.74) is 3.71. The standard InChI is InChI=1S/C24H32N6.HI/c1-17(2)14-20-6-9-22(10-7-20)18(3)29-24(25-5)28-16-21-8-11-23(27-15-21)30-13-12-26-19(30)4;/h6-13,15,17-18H,14,16H2,1-5H3,(H2,25,28,29);1H. The lowest BCUT2D eigenvalue weighted by atomic mass is 10.00. The highest BCUT2D eigenvalue weighted by atomic mass is 127. The molecule has 1 unspecified atom stereocenters. The third kappa shape index (κ3) is 7.05. The summed E-state index contributed by atoms with van der Waals surface area (Å²) in [5, 5.41) is 6.83. The van der Waals surface area contributed by atoms with Crippen molar-refractivity contribution in [2.45, 2.75) is 46.7 Å². The number of nitrogens with zero attached hydrogens (tertiary/aromatic N) is 4. The summed E-state index contributed by atoms with van der Waals surface area (Å²) in [6, 6.07) is 13.1. The van der Waals surface area contributed by atoms with Crippen molar-refractivity contribution in [3.8, 4) is 5.82 Å². The number of halogens is 1. The Morgan fingerprint density at radius 2 is 1.74 bits per heavy atom. The maximum atomic E-state index is 4.55. The number of nitrogens with one attached hydrogen (secondary N) is 2. The summed E-state index contributed by atoms with van der Waals surface area (Å²) >= 11 is 0. The predicted octanol–water partition coefficient (Wildman–Crippen LogP) is 4.82. The first-order chi connectivity index (χ1) is 14.5. The summed E-state index contributed by atoms with van der Waals surface area (Å²) < 4.78 is 1.96. The van der Waals surface area contributed by atoms with E-state index in [1.165, 1.54) is 11.1 Å². The number of rotatable bonds is 7. The summed E-state index contributed by atoms with van der Waals surface area (Å²) in [7, 11) is 1.79. The molecule has 31 heavy (non-hydrogen) atoms. The molecule has 0 spiro atoms. The van der Waals surface area contributed by atoms with Crippen LogP contribution in [0.2, 0.25) is 0 Å². The minimum atomic E-state index is 0. The Hall–Kier alpha value is -2.42. The van der Waals surface area contributed by atoms with Crippen LogP contribution in [0.3, 0.4) is 0 Å². The predicted molar refractivity (Wildman–Crippen MR) is 138 cm³/mol. The van der Waals surface area contributed by atoms with E-state index in [9.17, 15) is 0 Å². The number of hydrogen-bond acceptors (Lipinski definition) is 3. The van der Waals surface area contributed by atoms with Gasteiger partial charge >= 0.3 is 0 Å². The molecule has 0 fully saturated rings. The van der Waals surface area contributed by atoms with Crippen LogP contribution in [0.4, 0.5) is 0 Å². The molecule has 0 aliphatic carbocycles. The fourth-order valence-electron chi connectivity index (χ4n) is 3.37. The Morgan fingerprint density at radius 3 is 2.29 bits per heavy atom. The molecule has 3 aromatic rings. The van der Waals surface area contributed by atoms with Crippen molar-refractivity contribution in [3.05, 3.63) is 77.5 Å². The maximum absolute atomic E-state index is 4.55. The molecule has 3 rings (SSSR count). The van der Waals surface area contributed by atoms with Gasteiger partial charge in [0.15, 0.2) is 5.96 Å². The third-order valence-electron chi connectivity index (χ3n) is 5.04. The van der Waals surface area contributed by atoms with Gasteiger partial charge in [-0.15, -0.1) is 24.0 Å². The van der Waals surface area contributed by atoms with E-state index in [0.29, 0.717) is 12.5 Å². The molecule has 0 saturated carbocycles. The van der Waals surface area contributed by atoms with Crippen molar-refractivity contribution in [1.82, 2.24) is 25.2 Å². The van der Waals surface area contributed by atoms with Gasteiger partial charge < -0.3 is 10.6 Å². The van der Waals surface area contributed by atoms with Crippen LogP contribution in [-0.2, 0) is 13.0 Å². The molecule has 2 heterocycles. The number of aliphatic imine (C=N–C) groups is 1. The van der Waals surface area contributed by atoms with Crippen LogP contribution in [0.5, 0.6) is 0 Å². The molecule has 0 bridgehead atoms. The molecule has 2 aromatic heterocycles. The van der Waals surface area contributed by atoms with Gasteiger partial charge in [0.05, 0.1) is 6.04 Å². The molecule has 1 atom stereocenters. The first-order valence-corrected chi connectivity index (χ1v) is 10.5. The monoisotopic (exact) mass is 532 g/mol. The maximum Gasteiger partial charge on any atom is 0.191 e. The lowest BCUT2D eigenvalue weighted by Crippen LogP contribution is -2.38. The number of aromatic nitrogens is 3. The molecule has 166 valence electrons. The second-order valence-corrected chi connectivity index (χ2v) is 8.00. The minimum absolute atomic E-state index is 0. The van der Waals surface area contributed by atoms with Gasteiger partial charge in [-0.2, -0.15) is 0 Å². The second-order valence-electron chi connectivity index (χ2n) is 8.00. The van der Waals surface area contributed by atoms with Gasteiger partial charge in [-0.25, -0.2) is 9.97 Å². The van der Waals surface area contributed by atoms with Crippen LogP contribution in [0.15, 0.2) is 60.0 Å². The van der Waals surface area contributed by atoms with Gasteiger partial charge in [-0.05, 0) is 48.9 Å². The molecular formula is C24H33IN6. The minimum Gasteiger partial charge on any atom is -0.352 e. The Labute approximate surface area is 202 Å². The highest BCUT2D eigenvalue weighted by molar-refractivity contribution is 14.0. The summed E-state index contributed by atoms with van der Waals surface area (Å²) in [4.78, 5) is 13.1. The fourth-order valence-corrected chi connectivity index (χ4v) is 3.37. The van der Waals surface area contributed by atoms with Crippen LogP contribution in [-0.4, -0.2) is 27.5 Å². The van der Waals surface area contributed by atoms with Crippen molar-refractivity contribution in [1.29, 1.82) is 0 Å². The van der Waals surface area contributed by atoms with Crippen molar-refractivity contribution >= 4 is 29.9 Å². The van der Waals surface area contributed by atoms with E-state index < -0.39 is 0 Å². The van der Waals surface area contributed by atoms with Crippen molar-refractivity contribution in [2.75, 3.05) is 7.05 Å². The molecule has 0 saturated heterocycles. The number of imidazole rings is 1. The third-order valence-corrected chi connectivity index (χ3v) is 5.04. The van der Waals surface area contributed by atoms with Crippen LogP contribution < -0.4 is 10.6 Å². The Balaban J connectivity index is 0.00000341. The Morgan fingerprint density at radius 1 is 1.03 bits per heavy atom. The average Bonchev–Trinajstić information content (AvgIpc) is 3.17. The smallest absolute Gasteiger partial charge is 0.191 e. The zero-order chi connectivity index (χ0) is 21.5. The van der Waals surface area contributed by atoms with Gasteiger partial charge in [0.25, 0.3) is 0 Å². The van der Waals surface area contributed by atoms with E-state index >= 15 is 0 Å². The van der Waals surface area contributed by atoms with Crippen molar-refractivity contribution in [2.24, 2.45) is 10.9 Å². The Bertz CT molecular complexity index is 960. The number of benzene rings is 1. The fraction of sp³-hybridized carbons (Fsp3) is 0.375. The highest BCUT2D eigenvalue weighted by Crippen LogP contribution is 2.15. The number of hydrogen-bond donors (Lipinski definition) is 2. The number of pyridine rings is 1. The lowest BCUT2D eigenvalue weighted by molar-refractivity contribution is 0.645. The molecule has 0 amide bonds. The van der Waals surface area contributed by atoms with Gasteiger partial charge in [0.2, 0.25) is 0 Å². The molecule has 7 heteroatoms. The first-order valence-electron chi connectivity index (χ1n) is 10.5. The molecule has 6 nitrogen and oxygen atoms in total. The van der Waals surface area contributed by atoms with E-state index in [1.807, 2.05) is 30.0 Å². The van der Waals surface area contributed by atoms with E-state index in [0.717, 1.165) is 29.6 Å². The topological polar surface area (TPSA) is 67.1 Å². The SMILES string of the molecule is CN=C(NCc1ccc(-n2ccnc2C)nc1)NC(C)c1ccc(CC(C)C)cc1.I. The number of aryl methyl sites for hydroxylation is 1. The Kier molecular flexibility index (Phi) is 9.48. The average molecular weight is 532 g/mol. The van der Waals surface area contributed by atoms with Crippen LogP contribution in [0.1, 0.15) is 49.3 Å². The van der Waals surface area contributed by atoms with Crippen molar-refractivity contribution in [3.63, 3.8) is 0 Å². The van der Waals surface area contributed by atoms with Crippen LogP contribution in [0.25, 0.3) is 5.82 Å². The van der Waals surface area contributed by atoms with E-state index in [1.54, 1.807) is 13.2 Å². The van der Waals surface area contributed by atoms with Gasteiger partial charge in [0, 0.05) is 32.2 Å². The molecule has 0 radical (unpaired) electrons. The molecule has 2 N–H and O–H groups in total.